The van der Waals surface area contributed by atoms with E-state index in [1.54, 1.807) is 19.1 Å². The lowest BCUT2D eigenvalue weighted by Gasteiger charge is -2.08. The lowest BCUT2D eigenvalue weighted by atomic mass is 10.0. The molecule has 0 saturated heterocycles. The first kappa shape index (κ1) is 13.9. The summed E-state index contributed by atoms with van der Waals surface area (Å²) in [4.78, 5) is 0. The number of nitriles is 2. The van der Waals surface area contributed by atoms with E-state index in [4.69, 9.17) is 16.3 Å². The summed E-state index contributed by atoms with van der Waals surface area (Å²) in [6, 6.07) is 5.76. The number of phenolic OH excluding ortho intramolecular Hbond substituents is 3. The van der Waals surface area contributed by atoms with Crippen molar-refractivity contribution in [3.8, 4) is 29.4 Å². The van der Waals surface area contributed by atoms with Crippen molar-refractivity contribution in [2.75, 3.05) is 0 Å². The quantitative estimate of drug-likeness (QED) is 0.360. The standard InChI is InChI=1S/C13H11N3O3/c1-7(10(16)2-8(5-14)6-15)9-3-11(17)13(19)12(18)4-9/h2-4,17-19H,16H2,1H3/b10-7-. The summed E-state index contributed by atoms with van der Waals surface area (Å²) in [6.07, 6.45) is 1.19. The van der Waals surface area contributed by atoms with Crippen LogP contribution in [0.4, 0.5) is 0 Å². The molecule has 6 heteroatoms. The average molecular weight is 257 g/mol. The molecule has 0 unspecified atom stereocenters. The van der Waals surface area contributed by atoms with E-state index >= 15 is 0 Å². The van der Waals surface area contributed by atoms with Gasteiger partial charge < -0.3 is 21.1 Å². The van der Waals surface area contributed by atoms with E-state index in [1.807, 2.05) is 0 Å². The maximum atomic E-state index is 9.39. The third kappa shape index (κ3) is 2.96. The summed E-state index contributed by atoms with van der Waals surface area (Å²) < 4.78 is 0. The maximum Gasteiger partial charge on any atom is 0.200 e. The van der Waals surface area contributed by atoms with Crippen molar-refractivity contribution in [1.29, 1.82) is 10.5 Å². The van der Waals surface area contributed by atoms with Gasteiger partial charge in [-0.2, -0.15) is 10.5 Å². The van der Waals surface area contributed by atoms with Crippen LogP contribution >= 0.6 is 0 Å². The van der Waals surface area contributed by atoms with Gasteiger partial charge in [0.25, 0.3) is 0 Å². The highest BCUT2D eigenvalue weighted by molar-refractivity contribution is 5.73. The number of nitrogens with two attached hydrogens (primary N) is 1. The lowest BCUT2D eigenvalue weighted by molar-refractivity contribution is 0.367. The second-order valence-electron chi connectivity index (χ2n) is 3.73. The van der Waals surface area contributed by atoms with Gasteiger partial charge in [-0.15, -0.1) is 0 Å². The maximum absolute atomic E-state index is 9.39. The fourth-order valence-electron chi connectivity index (χ4n) is 1.34. The van der Waals surface area contributed by atoms with Crippen molar-refractivity contribution in [1.82, 2.24) is 0 Å². The first-order valence-electron chi connectivity index (χ1n) is 5.14. The number of allylic oxidation sites excluding steroid dienone is 3. The minimum absolute atomic E-state index is 0.141. The molecule has 0 heterocycles. The van der Waals surface area contributed by atoms with Crippen molar-refractivity contribution in [3.05, 3.63) is 35.0 Å². The van der Waals surface area contributed by atoms with Gasteiger partial charge in [-0.05, 0) is 36.3 Å². The molecular formula is C13H11N3O3. The Morgan fingerprint density at radius 1 is 1.16 bits per heavy atom. The molecular weight excluding hydrogens is 246 g/mol. The van der Waals surface area contributed by atoms with Gasteiger partial charge in [0, 0.05) is 5.70 Å². The Labute approximate surface area is 109 Å². The van der Waals surface area contributed by atoms with E-state index in [-0.39, 0.29) is 11.3 Å². The molecule has 1 aromatic carbocycles. The van der Waals surface area contributed by atoms with Gasteiger partial charge in [-0.3, -0.25) is 0 Å². The van der Waals surface area contributed by atoms with Gasteiger partial charge in [0.2, 0.25) is 0 Å². The molecule has 0 saturated carbocycles. The fourth-order valence-corrected chi connectivity index (χ4v) is 1.34. The molecule has 0 fully saturated rings. The molecule has 19 heavy (non-hydrogen) atoms. The van der Waals surface area contributed by atoms with E-state index in [2.05, 4.69) is 0 Å². The van der Waals surface area contributed by atoms with Crippen LogP contribution in [0, 0.1) is 22.7 Å². The number of phenols is 3. The smallest absolute Gasteiger partial charge is 0.200 e. The van der Waals surface area contributed by atoms with Crippen molar-refractivity contribution in [3.63, 3.8) is 0 Å². The van der Waals surface area contributed by atoms with Gasteiger partial charge in [-0.1, -0.05) is 0 Å². The monoisotopic (exact) mass is 257 g/mol. The number of benzene rings is 1. The number of rotatable bonds is 2. The molecule has 6 nitrogen and oxygen atoms in total. The fraction of sp³-hybridized carbons (Fsp3) is 0.0769. The number of hydrogen-bond donors (Lipinski definition) is 4. The molecule has 0 aliphatic heterocycles. The van der Waals surface area contributed by atoms with Gasteiger partial charge in [-0.25, -0.2) is 0 Å². The Morgan fingerprint density at radius 2 is 1.63 bits per heavy atom. The van der Waals surface area contributed by atoms with Crippen LogP contribution in [0.1, 0.15) is 12.5 Å². The third-order valence-corrected chi connectivity index (χ3v) is 2.48. The molecule has 1 rings (SSSR count). The minimum atomic E-state index is -0.625. The first-order valence-corrected chi connectivity index (χ1v) is 5.14. The molecule has 0 atom stereocenters. The number of nitrogens with zero attached hydrogens (tertiary/aromatic N) is 2. The second kappa shape index (κ2) is 5.48. The molecule has 0 bridgehead atoms. The van der Waals surface area contributed by atoms with Crippen LogP contribution < -0.4 is 5.73 Å². The zero-order valence-corrected chi connectivity index (χ0v) is 10.0. The Balaban J connectivity index is 3.35. The topological polar surface area (TPSA) is 134 Å². The highest BCUT2D eigenvalue weighted by Gasteiger charge is 2.10. The highest BCUT2D eigenvalue weighted by Crippen LogP contribution is 2.37. The molecule has 0 radical (unpaired) electrons. The number of hydrogen-bond acceptors (Lipinski definition) is 6. The van der Waals surface area contributed by atoms with E-state index < -0.39 is 17.2 Å². The molecule has 0 amide bonds. The van der Waals surface area contributed by atoms with Crippen LogP contribution in [0.25, 0.3) is 5.57 Å². The largest absolute Gasteiger partial charge is 0.504 e. The van der Waals surface area contributed by atoms with Crippen molar-refractivity contribution in [2.24, 2.45) is 5.73 Å². The predicted octanol–water partition coefficient (Wildman–Crippen LogP) is 1.47. The summed E-state index contributed by atoms with van der Waals surface area (Å²) in [7, 11) is 0. The van der Waals surface area contributed by atoms with Crippen LogP contribution in [0.15, 0.2) is 29.5 Å². The van der Waals surface area contributed by atoms with Crippen molar-refractivity contribution in [2.45, 2.75) is 6.92 Å². The van der Waals surface area contributed by atoms with E-state index in [0.29, 0.717) is 11.1 Å². The SMILES string of the molecule is C/C(=C(/N)C=C(C#N)C#N)c1cc(O)c(O)c(O)c1. The van der Waals surface area contributed by atoms with Crippen LogP contribution in [-0.2, 0) is 0 Å². The zero-order valence-electron chi connectivity index (χ0n) is 10.0. The number of aromatic hydroxyl groups is 3. The first-order chi connectivity index (χ1) is 8.90. The van der Waals surface area contributed by atoms with Crippen LogP contribution in [0.3, 0.4) is 0 Å². The summed E-state index contributed by atoms with van der Waals surface area (Å²) in [6.45, 7) is 1.59. The molecule has 0 spiro atoms. The normalized spacial score (nSPS) is 10.9. The zero-order chi connectivity index (χ0) is 14.6. The summed E-state index contributed by atoms with van der Waals surface area (Å²) >= 11 is 0. The highest BCUT2D eigenvalue weighted by atomic mass is 16.3. The van der Waals surface area contributed by atoms with E-state index in [9.17, 15) is 15.3 Å². The molecule has 5 N–H and O–H groups in total. The van der Waals surface area contributed by atoms with Gasteiger partial charge in [0.15, 0.2) is 17.2 Å². The molecule has 0 aliphatic rings. The lowest BCUT2D eigenvalue weighted by Crippen LogP contribution is -1.98. The molecule has 0 aliphatic carbocycles. The third-order valence-electron chi connectivity index (χ3n) is 2.48. The Morgan fingerprint density at radius 3 is 2.05 bits per heavy atom. The van der Waals surface area contributed by atoms with Gasteiger partial charge in [0.1, 0.15) is 17.7 Å². The predicted molar refractivity (Wildman–Crippen MR) is 67.5 cm³/mol. The van der Waals surface area contributed by atoms with Crippen molar-refractivity contribution < 1.29 is 15.3 Å². The van der Waals surface area contributed by atoms with Crippen LogP contribution in [0.2, 0.25) is 0 Å². The summed E-state index contributed by atoms with van der Waals surface area (Å²) in [5.74, 6) is -1.61. The Bertz CT molecular complexity index is 622. The van der Waals surface area contributed by atoms with Crippen molar-refractivity contribution >= 4 is 5.57 Å². The summed E-state index contributed by atoms with van der Waals surface area (Å²) in [5, 5.41) is 45.3. The molecule has 96 valence electrons. The van der Waals surface area contributed by atoms with E-state index in [1.165, 1.54) is 18.2 Å². The van der Waals surface area contributed by atoms with Gasteiger partial charge >= 0.3 is 0 Å². The molecule has 0 aromatic heterocycles. The van der Waals surface area contributed by atoms with Crippen LogP contribution in [-0.4, -0.2) is 15.3 Å². The van der Waals surface area contributed by atoms with Gasteiger partial charge in [0.05, 0.1) is 0 Å². The molecule has 1 aromatic rings. The Hall–Kier alpha value is -3.12. The van der Waals surface area contributed by atoms with E-state index in [0.717, 1.165) is 0 Å². The average Bonchev–Trinajstić information content (AvgIpc) is 2.40. The van der Waals surface area contributed by atoms with Crippen LogP contribution in [0.5, 0.6) is 17.2 Å². The second-order valence-corrected chi connectivity index (χ2v) is 3.73. The summed E-state index contributed by atoms with van der Waals surface area (Å²) in [5.41, 5.74) is 6.49. The Kier molecular flexibility index (Phi) is 4.02. The minimum Gasteiger partial charge on any atom is -0.504 e.